The van der Waals surface area contributed by atoms with E-state index < -0.39 is 0 Å². The fraction of sp³-hybridized carbons (Fsp3) is 0. The molecule has 6 heteroatoms. The van der Waals surface area contributed by atoms with E-state index >= 15 is 0 Å². The Bertz CT molecular complexity index is 789. The van der Waals surface area contributed by atoms with Crippen molar-refractivity contribution >= 4 is 57.6 Å². The van der Waals surface area contributed by atoms with Gasteiger partial charge in [0.1, 0.15) is 5.82 Å². The predicted molar refractivity (Wildman–Crippen MR) is 93.5 cm³/mol. The summed E-state index contributed by atoms with van der Waals surface area (Å²) in [5, 5.41) is 0.600. The van der Waals surface area contributed by atoms with Crippen LogP contribution in [-0.4, -0.2) is 10.2 Å². The summed E-state index contributed by atoms with van der Waals surface area (Å²) < 4.78 is 13.4. The largest absolute Gasteiger partial charge is 0.270 e. The fourth-order valence-electron chi connectivity index (χ4n) is 2.03. The van der Waals surface area contributed by atoms with Crippen molar-refractivity contribution in [3.8, 4) is 0 Å². The molecule has 0 atom stereocenters. The molecule has 22 heavy (non-hydrogen) atoms. The Labute approximate surface area is 141 Å². The number of hydrogen-bond acceptors (Lipinski definition) is 3. The second kappa shape index (κ2) is 6.20. The molecule has 2 aromatic rings. The molecule has 0 bridgehead atoms. The van der Waals surface area contributed by atoms with Crippen LogP contribution in [0.15, 0.2) is 53.4 Å². The van der Waals surface area contributed by atoms with Crippen molar-refractivity contribution in [1.82, 2.24) is 0 Å². The molecule has 1 saturated heterocycles. The van der Waals surface area contributed by atoms with Crippen molar-refractivity contribution < 1.29 is 9.18 Å². The molecule has 0 saturated carbocycles. The molecule has 0 unspecified atom stereocenters. The second-order valence-corrected chi connectivity index (χ2v) is 6.66. The molecule has 1 aliphatic heterocycles. The van der Waals surface area contributed by atoms with Gasteiger partial charge >= 0.3 is 0 Å². The topological polar surface area (TPSA) is 20.3 Å². The lowest BCUT2D eigenvalue weighted by Crippen LogP contribution is -2.27. The molecule has 3 rings (SSSR count). The van der Waals surface area contributed by atoms with Gasteiger partial charge in [0.15, 0.2) is 4.32 Å². The van der Waals surface area contributed by atoms with Gasteiger partial charge in [-0.25, -0.2) is 4.39 Å². The molecule has 0 aliphatic carbocycles. The van der Waals surface area contributed by atoms with Crippen molar-refractivity contribution in [2.24, 2.45) is 0 Å². The lowest BCUT2D eigenvalue weighted by atomic mass is 10.2. The minimum absolute atomic E-state index is 0.221. The van der Waals surface area contributed by atoms with E-state index in [2.05, 4.69) is 0 Å². The highest BCUT2D eigenvalue weighted by molar-refractivity contribution is 8.27. The minimum atomic E-state index is -0.358. The molecule has 1 amide bonds. The van der Waals surface area contributed by atoms with Crippen LogP contribution in [-0.2, 0) is 4.79 Å². The lowest BCUT2D eigenvalue weighted by molar-refractivity contribution is -0.113. The Morgan fingerprint density at radius 1 is 1.18 bits per heavy atom. The van der Waals surface area contributed by atoms with Crippen molar-refractivity contribution in [1.29, 1.82) is 0 Å². The van der Waals surface area contributed by atoms with E-state index in [4.69, 9.17) is 23.8 Å². The van der Waals surface area contributed by atoms with Gasteiger partial charge < -0.3 is 0 Å². The number of anilines is 1. The summed E-state index contributed by atoms with van der Waals surface area (Å²) in [6.45, 7) is 0. The number of thiocarbonyl (C=S) groups is 1. The zero-order chi connectivity index (χ0) is 15.7. The molecule has 110 valence electrons. The first-order chi connectivity index (χ1) is 10.5. The zero-order valence-electron chi connectivity index (χ0n) is 11.1. The Morgan fingerprint density at radius 3 is 2.59 bits per heavy atom. The van der Waals surface area contributed by atoms with Crippen LogP contribution in [0, 0.1) is 5.82 Å². The van der Waals surface area contributed by atoms with Crippen LogP contribution >= 0.6 is 35.6 Å². The van der Waals surface area contributed by atoms with Gasteiger partial charge in [0.05, 0.1) is 10.6 Å². The van der Waals surface area contributed by atoms with Gasteiger partial charge in [-0.15, -0.1) is 0 Å². The van der Waals surface area contributed by atoms with E-state index in [9.17, 15) is 9.18 Å². The number of hydrogen-bond donors (Lipinski definition) is 0. The molecule has 0 N–H and O–H groups in total. The smallest absolute Gasteiger partial charge is 0.268 e. The number of carbonyl (C=O) groups is 1. The van der Waals surface area contributed by atoms with E-state index in [1.54, 1.807) is 18.2 Å². The van der Waals surface area contributed by atoms with Gasteiger partial charge in [0.25, 0.3) is 5.91 Å². The first kappa shape index (κ1) is 15.2. The number of halogens is 2. The lowest BCUT2D eigenvalue weighted by Gasteiger charge is -2.14. The maximum atomic E-state index is 13.0. The van der Waals surface area contributed by atoms with E-state index in [-0.39, 0.29) is 11.7 Å². The predicted octanol–water partition coefficient (Wildman–Crippen LogP) is 4.88. The first-order valence-electron chi connectivity index (χ1n) is 6.34. The average Bonchev–Trinajstić information content (AvgIpc) is 2.75. The normalized spacial score (nSPS) is 16.6. The van der Waals surface area contributed by atoms with E-state index in [1.807, 2.05) is 12.1 Å². The molecule has 0 spiro atoms. The standard InChI is InChI=1S/C16H9ClFNOS2/c17-11-3-1-2-10(8-11)9-14-15(20)19(16(21)22-14)13-6-4-12(18)5-7-13/h1-9H/b14-9+. The monoisotopic (exact) mass is 349 g/mol. The molecule has 1 heterocycles. The summed E-state index contributed by atoms with van der Waals surface area (Å²) in [4.78, 5) is 14.4. The number of rotatable bonds is 2. The number of thioether (sulfide) groups is 1. The highest BCUT2D eigenvalue weighted by atomic mass is 35.5. The number of benzene rings is 2. The molecule has 1 fully saturated rings. The number of nitrogens with zero attached hydrogens (tertiary/aromatic N) is 1. The summed E-state index contributed by atoms with van der Waals surface area (Å²) >= 11 is 12.4. The fourth-order valence-corrected chi connectivity index (χ4v) is 3.53. The maximum absolute atomic E-state index is 13.0. The molecule has 0 aromatic heterocycles. The molecule has 2 aromatic carbocycles. The van der Waals surface area contributed by atoms with Crippen molar-refractivity contribution in [3.63, 3.8) is 0 Å². The van der Waals surface area contributed by atoms with Crippen LogP contribution < -0.4 is 4.90 Å². The first-order valence-corrected chi connectivity index (χ1v) is 7.94. The van der Waals surface area contributed by atoms with Crippen LogP contribution in [0.2, 0.25) is 5.02 Å². The Morgan fingerprint density at radius 2 is 1.91 bits per heavy atom. The third-order valence-corrected chi connectivity index (χ3v) is 4.56. The molecule has 0 radical (unpaired) electrons. The average molecular weight is 350 g/mol. The van der Waals surface area contributed by atoms with Gasteiger partial charge in [-0.2, -0.15) is 0 Å². The van der Waals surface area contributed by atoms with Crippen LogP contribution in [0.1, 0.15) is 5.56 Å². The molecular weight excluding hydrogens is 341 g/mol. The Hall–Kier alpha value is -1.69. The highest BCUT2D eigenvalue weighted by Crippen LogP contribution is 2.36. The summed E-state index contributed by atoms with van der Waals surface area (Å²) in [6, 6.07) is 12.9. The maximum Gasteiger partial charge on any atom is 0.270 e. The van der Waals surface area contributed by atoms with E-state index in [0.717, 1.165) is 5.56 Å². The van der Waals surface area contributed by atoms with Crippen LogP contribution in [0.4, 0.5) is 10.1 Å². The van der Waals surface area contributed by atoms with Gasteiger partial charge in [-0.1, -0.05) is 47.7 Å². The number of carbonyl (C=O) groups excluding carboxylic acids is 1. The molecular formula is C16H9ClFNOS2. The molecule has 2 nitrogen and oxygen atoms in total. The van der Waals surface area contributed by atoms with Crippen molar-refractivity contribution in [3.05, 3.63) is 69.8 Å². The summed E-state index contributed by atoms with van der Waals surface area (Å²) in [7, 11) is 0. The van der Waals surface area contributed by atoms with Crippen LogP contribution in [0.5, 0.6) is 0 Å². The van der Waals surface area contributed by atoms with Gasteiger partial charge in [0, 0.05) is 5.02 Å². The van der Waals surface area contributed by atoms with Gasteiger partial charge in [-0.3, -0.25) is 9.69 Å². The van der Waals surface area contributed by atoms with Gasteiger partial charge in [0.2, 0.25) is 0 Å². The van der Waals surface area contributed by atoms with E-state index in [0.29, 0.717) is 19.9 Å². The van der Waals surface area contributed by atoms with Crippen molar-refractivity contribution in [2.45, 2.75) is 0 Å². The van der Waals surface area contributed by atoms with Crippen LogP contribution in [0.3, 0.4) is 0 Å². The van der Waals surface area contributed by atoms with Crippen LogP contribution in [0.25, 0.3) is 6.08 Å². The van der Waals surface area contributed by atoms with Crippen molar-refractivity contribution in [2.75, 3.05) is 4.90 Å². The minimum Gasteiger partial charge on any atom is -0.268 e. The molecule has 1 aliphatic rings. The van der Waals surface area contributed by atoms with E-state index in [1.165, 1.54) is 40.9 Å². The Balaban J connectivity index is 1.93. The second-order valence-electron chi connectivity index (χ2n) is 4.55. The Kier molecular flexibility index (Phi) is 4.29. The summed E-state index contributed by atoms with van der Waals surface area (Å²) in [6.07, 6.45) is 1.74. The highest BCUT2D eigenvalue weighted by Gasteiger charge is 2.33. The third-order valence-electron chi connectivity index (χ3n) is 3.02. The quantitative estimate of drug-likeness (QED) is 0.569. The number of amides is 1. The zero-order valence-corrected chi connectivity index (χ0v) is 13.5. The summed E-state index contributed by atoms with van der Waals surface area (Å²) in [5.41, 5.74) is 1.38. The summed E-state index contributed by atoms with van der Waals surface area (Å²) in [5.74, 6) is -0.578. The third kappa shape index (κ3) is 3.06. The van der Waals surface area contributed by atoms with Gasteiger partial charge in [-0.05, 0) is 48.0 Å². The SMILES string of the molecule is O=C1/C(=C\c2cccc(Cl)c2)SC(=S)N1c1ccc(F)cc1.